The second-order valence-electron chi connectivity index (χ2n) is 9.07. The van der Waals surface area contributed by atoms with Crippen molar-refractivity contribution in [3.63, 3.8) is 0 Å². The maximum Gasteiger partial charge on any atom is 0.165 e. The van der Waals surface area contributed by atoms with Crippen molar-refractivity contribution < 1.29 is 23.7 Å². The number of rotatable bonds is 10. The number of methoxy groups -OCH3 is 1. The molecule has 35 heavy (non-hydrogen) atoms. The number of aryl methyl sites for hydroxylation is 1. The van der Waals surface area contributed by atoms with Crippen LogP contribution in [0.4, 0.5) is 4.39 Å². The van der Waals surface area contributed by atoms with Gasteiger partial charge in [-0.1, -0.05) is 18.2 Å². The summed E-state index contributed by atoms with van der Waals surface area (Å²) in [5.41, 5.74) is 0.146. The third kappa shape index (κ3) is 6.74. The quantitative estimate of drug-likeness (QED) is 0.466. The highest BCUT2D eigenvalue weighted by atomic mass is 19.1. The summed E-state index contributed by atoms with van der Waals surface area (Å²) in [5, 5.41) is 11.1. The number of benzene rings is 2. The number of aliphatic hydroxyl groups is 1. The van der Waals surface area contributed by atoms with Crippen molar-refractivity contribution in [3.8, 4) is 17.2 Å². The van der Waals surface area contributed by atoms with E-state index < -0.39 is 11.4 Å². The number of aromatic nitrogens is 2. The Hall–Kier alpha value is -3.10. The first-order valence-electron chi connectivity index (χ1n) is 12.1. The summed E-state index contributed by atoms with van der Waals surface area (Å²) in [5.74, 6) is 2.14. The summed E-state index contributed by atoms with van der Waals surface area (Å²) in [6.07, 6.45) is 5.73. The first kappa shape index (κ1) is 25.0. The molecular weight excluding hydrogens is 449 g/mol. The van der Waals surface area contributed by atoms with Crippen LogP contribution in [0.5, 0.6) is 17.2 Å². The molecule has 188 valence electrons. The molecule has 0 aliphatic carbocycles. The van der Waals surface area contributed by atoms with E-state index in [2.05, 4.69) is 16.0 Å². The third-order valence-corrected chi connectivity index (χ3v) is 6.49. The van der Waals surface area contributed by atoms with E-state index in [1.807, 2.05) is 29.8 Å². The van der Waals surface area contributed by atoms with Crippen LogP contribution in [-0.2, 0) is 13.1 Å². The zero-order valence-electron chi connectivity index (χ0n) is 20.5. The van der Waals surface area contributed by atoms with Crippen LogP contribution in [0.1, 0.15) is 30.7 Å². The van der Waals surface area contributed by atoms with Crippen LogP contribution in [0.2, 0.25) is 0 Å². The van der Waals surface area contributed by atoms with E-state index in [0.29, 0.717) is 37.5 Å². The number of nitrogens with zero attached hydrogens (tertiary/aromatic N) is 3. The van der Waals surface area contributed by atoms with Gasteiger partial charge in [-0.15, -0.1) is 0 Å². The molecule has 0 radical (unpaired) electrons. The lowest BCUT2D eigenvalue weighted by Gasteiger charge is -2.27. The second-order valence-corrected chi connectivity index (χ2v) is 9.07. The second kappa shape index (κ2) is 11.6. The fourth-order valence-electron chi connectivity index (χ4n) is 4.39. The van der Waals surface area contributed by atoms with E-state index in [-0.39, 0.29) is 12.4 Å². The van der Waals surface area contributed by atoms with Gasteiger partial charge in [0.1, 0.15) is 19.0 Å². The smallest absolute Gasteiger partial charge is 0.165 e. The predicted octanol–water partition coefficient (Wildman–Crippen LogP) is 4.21. The van der Waals surface area contributed by atoms with Gasteiger partial charge in [0.2, 0.25) is 0 Å². The molecular formula is C27H34FN3O4. The topological polar surface area (TPSA) is 69.0 Å². The molecule has 1 aromatic heterocycles. The lowest BCUT2D eigenvalue weighted by atomic mass is 9.96. The van der Waals surface area contributed by atoms with Gasteiger partial charge >= 0.3 is 0 Å². The monoisotopic (exact) mass is 483 g/mol. The molecule has 1 atom stereocenters. The molecule has 7 nitrogen and oxygen atoms in total. The molecule has 1 fully saturated rings. The SMILES string of the molecule is COc1cc(CN2CCC[C@](O)(COc3ccccc3F)CC2)ccc1OCCn1ccnc1C. The molecule has 0 bridgehead atoms. The van der Waals surface area contributed by atoms with Crippen molar-refractivity contribution in [1.82, 2.24) is 14.5 Å². The van der Waals surface area contributed by atoms with Crippen LogP contribution in [0.25, 0.3) is 0 Å². The minimum atomic E-state index is -0.972. The van der Waals surface area contributed by atoms with E-state index in [1.165, 1.54) is 6.07 Å². The minimum absolute atomic E-state index is 0.0836. The highest BCUT2D eigenvalue weighted by Gasteiger charge is 2.31. The molecule has 1 N–H and O–H groups in total. The van der Waals surface area contributed by atoms with Crippen molar-refractivity contribution in [2.75, 3.05) is 33.4 Å². The Labute approximate surface area is 206 Å². The number of hydrogen-bond donors (Lipinski definition) is 1. The van der Waals surface area contributed by atoms with Crippen LogP contribution >= 0.6 is 0 Å². The van der Waals surface area contributed by atoms with Gasteiger partial charge in [0.05, 0.1) is 19.3 Å². The zero-order chi connectivity index (χ0) is 24.7. The Morgan fingerprint density at radius 1 is 1.06 bits per heavy atom. The molecule has 0 saturated carbocycles. The maximum atomic E-state index is 13.9. The third-order valence-electron chi connectivity index (χ3n) is 6.49. The van der Waals surface area contributed by atoms with Gasteiger partial charge in [0.15, 0.2) is 23.1 Å². The Kier molecular flexibility index (Phi) is 8.25. The van der Waals surface area contributed by atoms with E-state index in [0.717, 1.165) is 37.4 Å². The minimum Gasteiger partial charge on any atom is -0.493 e. The van der Waals surface area contributed by atoms with E-state index in [1.54, 1.807) is 31.5 Å². The number of imidazole rings is 1. The van der Waals surface area contributed by atoms with Gasteiger partial charge in [-0.25, -0.2) is 9.37 Å². The van der Waals surface area contributed by atoms with Crippen LogP contribution < -0.4 is 14.2 Å². The normalized spacial score (nSPS) is 18.7. The Bertz CT molecular complexity index is 1110. The molecule has 1 aliphatic rings. The lowest BCUT2D eigenvalue weighted by molar-refractivity contribution is -0.0177. The fraction of sp³-hybridized carbons (Fsp3) is 0.444. The van der Waals surface area contributed by atoms with Gasteiger partial charge in [-0.3, -0.25) is 4.90 Å². The number of halogens is 1. The van der Waals surface area contributed by atoms with Crippen LogP contribution in [-0.4, -0.2) is 58.6 Å². The van der Waals surface area contributed by atoms with Gasteiger partial charge in [-0.05, 0) is 62.6 Å². The highest BCUT2D eigenvalue weighted by molar-refractivity contribution is 5.43. The van der Waals surface area contributed by atoms with Crippen LogP contribution in [0.3, 0.4) is 0 Å². The predicted molar refractivity (Wildman–Crippen MR) is 131 cm³/mol. The van der Waals surface area contributed by atoms with E-state index in [9.17, 15) is 9.50 Å². The summed E-state index contributed by atoms with van der Waals surface area (Å²) >= 11 is 0. The van der Waals surface area contributed by atoms with Crippen molar-refractivity contribution in [3.05, 3.63) is 72.1 Å². The van der Waals surface area contributed by atoms with E-state index in [4.69, 9.17) is 14.2 Å². The molecule has 4 rings (SSSR count). The Morgan fingerprint density at radius 2 is 1.91 bits per heavy atom. The highest BCUT2D eigenvalue weighted by Crippen LogP contribution is 2.30. The molecule has 2 heterocycles. The zero-order valence-corrected chi connectivity index (χ0v) is 20.5. The van der Waals surface area contributed by atoms with Gasteiger partial charge < -0.3 is 23.9 Å². The van der Waals surface area contributed by atoms with Crippen molar-refractivity contribution in [1.29, 1.82) is 0 Å². The maximum absolute atomic E-state index is 13.9. The van der Waals surface area contributed by atoms with Gasteiger partial charge in [0.25, 0.3) is 0 Å². The Morgan fingerprint density at radius 3 is 2.69 bits per heavy atom. The Balaban J connectivity index is 1.30. The average molecular weight is 484 g/mol. The summed E-state index contributed by atoms with van der Waals surface area (Å²) < 4.78 is 33.1. The average Bonchev–Trinajstić information content (AvgIpc) is 3.17. The molecule has 8 heteroatoms. The molecule has 3 aromatic rings. The van der Waals surface area contributed by atoms with Gasteiger partial charge in [0, 0.05) is 25.5 Å². The fourth-order valence-corrected chi connectivity index (χ4v) is 4.39. The summed E-state index contributed by atoms with van der Waals surface area (Å²) in [6, 6.07) is 12.3. The molecule has 1 aliphatic heterocycles. The van der Waals surface area contributed by atoms with Gasteiger partial charge in [-0.2, -0.15) is 0 Å². The number of ether oxygens (including phenoxy) is 3. The first-order valence-corrected chi connectivity index (χ1v) is 12.1. The molecule has 2 aromatic carbocycles. The molecule has 1 saturated heterocycles. The standard InChI is InChI=1S/C27H34FN3O4/c1-21-29-12-15-31(21)16-17-34-25-9-8-22(18-26(25)33-2)19-30-13-5-10-27(32,11-14-30)20-35-24-7-4-3-6-23(24)28/h3-4,6-9,12,15,18,32H,5,10-11,13-14,16-17,19-20H2,1-2H3/t27-/m1/s1. The lowest BCUT2D eigenvalue weighted by Crippen LogP contribution is -2.37. The number of hydrogen-bond acceptors (Lipinski definition) is 6. The van der Waals surface area contributed by atoms with E-state index >= 15 is 0 Å². The number of para-hydroxylation sites is 1. The van der Waals surface area contributed by atoms with Crippen molar-refractivity contribution >= 4 is 0 Å². The molecule has 0 unspecified atom stereocenters. The summed E-state index contributed by atoms with van der Waals surface area (Å²) in [7, 11) is 1.65. The summed E-state index contributed by atoms with van der Waals surface area (Å²) in [4.78, 5) is 6.54. The van der Waals surface area contributed by atoms with Crippen molar-refractivity contribution in [2.45, 2.75) is 44.9 Å². The van der Waals surface area contributed by atoms with Crippen molar-refractivity contribution in [2.24, 2.45) is 0 Å². The summed E-state index contributed by atoms with van der Waals surface area (Å²) in [6.45, 7) is 5.62. The molecule has 0 spiro atoms. The first-order chi connectivity index (χ1) is 17.0. The largest absolute Gasteiger partial charge is 0.493 e. The van der Waals surface area contributed by atoms with Crippen LogP contribution in [0.15, 0.2) is 54.9 Å². The van der Waals surface area contributed by atoms with Crippen LogP contribution in [0, 0.1) is 12.7 Å². The number of likely N-dealkylation sites (tertiary alicyclic amines) is 1. The molecule has 0 amide bonds.